The first-order chi connectivity index (χ1) is 23.2. The summed E-state index contributed by atoms with van der Waals surface area (Å²) in [7, 11) is 5.81. The van der Waals surface area contributed by atoms with E-state index in [-0.39, 0.29) is 37.3 Å². The third-order valence-corrected chi connectivity index (χ3v) is 7.87. The van der Waals surface area contributed by atoms with Gasteiger partial charge in [-0.15, -0.1) is 43.5 Å². The Morgan fingerprint density at radius 2 is 1.02 bits per heavy atom. The first-order valence-electron chi connectivity index (χ1n) is 14.4. The predicted octanol–water partition coefficient (Wildman–Crippen LogP) is 11.0. The van der Waals surface area contributed by atoms with Crippen molar-refractivity contribution in [2.45, 2.75) is 27.7 Å². The fraction of sp³-hybridized carbons (Fsp3) is 0.105. The molecule has 0 aliphatic heterocycles. The molecule has 12 heteroatoms. The molecule has 0 fully saturated rings. The number of hydrogen-bond acceptors (Lipinski definition) is 0. The smallest absolute Gasteiger partial charge is 0.168 e. The molecule has 0 bridgehead atoms. The average molecular weight is 773 g/mol. The Morgan fingerprint density at radius 1 is 0.600 bits per heavy atom. The predicted molar refractivity (Wildman–Crippen MR) is 172 cm³/mol. The van der Waals surface area contributed by atoms with Crippen molar-refractivity contribution in [1.82, 2.24) is 0 Å². The van der Waals surface area contributed by atoms with Gasteiger partial charge in [-0.25, -0.2) is 11.1 Å². The van der Waals surface area contributed by atoms with E-state index in [0.717, 1.165) is 12.1 Å². The third-order valence-electron chi connectivity index (χ3n) is 7.87. The fourth-order valence-corrected chi connectivity index (χ4v) is 4.99. The van der Waals surface area contributed by atoms with E-state index >= 15 is 0 Å². The van der Waals surface area contributed by atoms with Gasteiger partial charge in [-0.2, -0.15) is 23.6 Å². The van der Waals surface area contributed by atoms with Crippen LogP contribution in [0.3, 0.4) is 0 Å². The molecule has 5 aromatic carbocycles. The second-order valence-electron chi connectivity index (χ2n) is 10.6. The largest absolute Gasteiger partial charge is 2.00 e. The summed E-state index contributed by atoms with van der Waals surface area (Å²) >= 11 is 0. The topological polar surface area (TPSA) is 0 Å². The molecular weight excluding hydrogens is 748 g/mol. The first kappa shape index (κ1) is 40.3. The molecule has 0 amide bonds. The van der Waals surface area contributed by atoms with Gasteiger partial charge >= 0.3 is 199 Å². The molecule has 5 aromatic rings. The molecule has 0 N–H and O–H groups in total. The summed E-state index contributed by atoms with van der Waals surface area (Å²) in [5.74, 6) is -24.2. The number of rotatable bonds is 3. The van der Waals surface area contributed by atoms with E-state index in [1.807, 2.05) is 13.8 Å². The summed E-state index contributed by atoms with van der Waals surface area (Å²) < 4.78 is 141. The molecule has 1 radical (unpaired) electrons. The van der Waals surface area contributed by atoms with Crippen LogP contribution in [-0.4, -0.2) is 13.0 Å². The van der Waals surface area contributed by atoms with Gasteiger partial charge in [0.1, 0.15) is 0 Å². The summed E-state index contributed by atoms with van der Waals surface area (Å²) in [5.41, 5.74) is -4.18. The summed E-state index contributed by atoms with van der Waals surface area (Å²) in [4.78, 5) is 0. The van der Waals surface area contributed by atoms with Crippen molar-refractivity contribution in [3.63, 3.8) is 0 Å². The van der Waals surface area contributed by atoms with Crippen LogP contribution in [0, 0.1) is 64.2 Å². The minimum atomic E-state index is -2.52. The third kappa shape index (κ3) is 7.46. The van der Waals surface area contributed by atoms with Crippen molar-refractivity contribution in [1.29, 1.82) is 0 Å². The van der Waals surface area contributed by atoms with Gasteiger partial charge in [-0.05, 0) is 0 Å². The van der Waals surface area contributed by atoms with Gasteiger partial charge in [0.2, 0.25) is 0 Å². The zero-order valence-corrected chi connectivity index (χ0v) is 29.2. The monoisotopic (exact) mass is 771 g/mol. The molecule has 0 spiro atoms. The van der Waals surface area contributed by atoms with Crippen LogP contribution in [0.25, 0.3) is 21.9 Å². The Balaban J connectivity index is 0.000000306. The van der Waals surface area contributed by atoms with E-state index in [4.69, 9.17) is 7.49 Å². The molecule has 1 aliphatic rings. The van der Waals surface area contributed by atoms with E-state index in [0.29, 0.717) is 0 Å². The van der Waals surface area contributed by atoms with E-state index in [1.54, 1.807) is 0 Å². The maximum absolute atomic E-state index is 14.6. The Kier molecular flexibility index (Phi) is 13.4. The maximum atomic E-state index is 14.6. The van der Waals surface area contributed by atoms with Gasteiger partial charge in [-0.3, -0.25) is 6.08 Å². The number of allylic oxidation sites excluding steroid dienone is 5. The van der Waals surface area contributed by atoms with Crippen molar-refractivity contribution in [3.05, 3.63) is 170 Å². The van der Waals surface area contributed by atoms with Crippen LogP contribution in [0.5, 0.6) is 0 Å². The molecular formula is C38H24BF10Zr. The normalized spacial score (nSPS) is 12.6. The van der Waals surface area contributed by atoms with Crippen molar-refractivity contribution in [2.75, 3.05) is 0 Å². The van der Waals surface area contributed by atoms with E-state index in [1.165, 1.54) is 34.1 Å². The Bertz CT molecular complexity index is 2090. The van der Waals surface area contributed by atoms with Crippen LogP contribution in [0.15, 0.2) is 84.0 Å². The maximum Gasteiger partial charge on any atom is 2.00 e. The average Bonchev–Trinajstić information content (AvgIpc) is 3.71. The van der Waals surface area contributed by atoms with Crippen molar-refractivity contribution < 1.29 is 70.1 Å². The van der Waals surface area contributed by atoms with Gasteiger partial charge < -0.3 is 0 Å². The zero-order chi connectivity index (χ0) is 36.3. The fourth-order valence-electron chi connectivity index (χ4n) is 4.99. The molecule has 6 rings (SSSR count). The molecule has 0 heterocycles. The zero-order valence-electron chi connectivity index (χ0n) is 26.8. The molecule has 0 aromatic heterocycles. The van der Waals surface area contributed by atoms with Crippen LogP contribution in [0.1, 0.15) is 49.9 Å². The van der Waals surface area contributed by atoms with Crippen LogP contribution in [-0.2, 0) is 26.2 Å². The number of fused-ring (bicyclic) bond motifs is 2. The summed E-state index contributed by atoms with van der Waals surface area (Å²) in [6.07, 6.45) is 5.15. The van der Waals surface area contributed by atoms with Gasteiger partial charge in [0, 0.05) is 0 Å². The van der Waals surface area contributed by atoms with Gasteiger partial charge in [-0.1, -0.05) is 19.9 Å². The quantitative estimate of drug-likeness (QED) is 0.0428. The van der Waals surface area contributed by atoms with Gasteiger partial charge in [0.15, 0.2) is 0 Å². The van der Waals surface area contributed by atoms with Crippen molar-refractivity contribution >= 4 is 34.9 Å². The summed E-state index contributed by atoms with van der Waals surface area (Å²) in [6.45, 7) is 8.12. The van der Waals surface area contributed by atoms with E-state index < -0.39 is 85.9 Å². The number of hydrogen-bond donors (Lipinski definition) is 0. The SMILES string of the molecule is C[C-]=C(C)C(C)=CC.[B]=C1C(c2c(F)c(F)c(F)c(F)c2F)=C(c2c(F)c(F)c(F)c(F)c2F)c2ccccc21.[Zr+2].c1ccc2[cH-]ccc2c1. The molecule has 50 heavy (non-hydrogen) atoms. The summed E-state index contributed by atoms with van der Waals surface area (Å²) in [6, 6.07) is 19.4. The standard InChI is InChI=1S/C21H4BF10.C9H7.C8H13.Zr/c22-11-6-4-2-1-3-5(6)7(9-12(23)16(27)20(31)17(28)13(9)24)8(11)10-14(25)18(29)21(32)19(30)15(10)26;1-2-5-9-7-3-6-8(9)4-1;1-5-7(3)8(4)6-2;/h1-4H;1-7H;5H,1-4H3;/q;2*-1;+2. The van der Waals surface area contributed by atoms with Crippen molar-refractivity contribution in [3.8, 4) is 0 Å². The molecule has 1 aliphatic carbocycles. The molecule has 0 saturated heterocycles. The Morgan fingerprint density at radius 3 is 1.46 bits per heavy atom. The summed E-state index contributed by atoms with van der Waals surface area (Å²) in [5, 5.41) is 2.66. The Labute approximate surface area is 302 Å². The number of benzene rings is 4. The van der Waals surface area contributed by atoms with Gasteiger partial charge in [0.25, 0.3) is 0 Å². The minimum Gasteiger partial charge on any atom is -0.168 e. The molecule has 0 atom stereocenters. The minimum absolute atomic E-state index is 0. The van der Waals surface area contributed by atoms with Gasteiger partial charge in [0.05, 0.1) is 0 Å². The van der Waals surface area contributed by atoms with Crippen LogP contribution in [0.4, 0.5) is 43.9 Å². The van der Waals surface area contributed by atoms with Crippen LogP contribution in [0.2, 0.25) is 0 Å². The van der Waals surface area contributed by atoms with Crippen LogP contribution >= 0.6 is 0 Å². The first-order valence-corrected chi connectivity index (χ1v) is 14.4. The van der Waals surface area contributed by atoms with Crippen molar-refractivity contribution in [2.24, 2.45) is 0 Å². The number of halogens is 10. The Hall–Kier alpha value is -4.17. The second-order valence-corrected chi connectivity index (χ2v) is 10.6. The van der Waals surface area contributed by atoms with Crippen LogP contribution < -0.4 is 0 Å². The molecule has 253 valence electrons. The van der Waals surface area contributed by atoms with E-state index in [2.05, 4.69) is 68.5 Å². The second kappa shape index (κ2) is 16.7. The molecule has 0 nitrogen and oxygen atoms in total. The molecule has 0 saturated carbocycles. The van der Waals surface area contributed by atoms with E-state index in [9.17, 15) is 43.9 Å². The molecule has 0 unspecified atom stereocenters.